The summed E-state index contributed by atoms with van der Waals surface area (Å²) in [7, 11) is 0. The fraction of sp³-hybridized carbons (Fsp3) is 0.417. The summed E-state index contributed by atoms with van der Waals surface area (Å²) in [5.41, 5.74) is 1.99. The van der Waals surface area contributed by atoms with Crippen molar-refractivity contribution in [2.24, 2.45) is 0 Å². The van der Waals surface area contributed by atoms with Gasteiger partial charge in [-0.3, -0.25) is 0 Å². The van der Waals surface area contributed by atoms with Gasteiger partial charge >= 0.3 is 0 Å². The van der Waals surface area contributed by atoms with Gasteiger partial charge in [0.05, 0.1) is 5.69 Å². The summed E-state index contributed by atoms with van der Waals surface area (Å²) < 4.78 is 1.86. The third kappa shape index (κ3) is 2.31. The van der Waals surface area contributed by atoms with Crippen molar-refractivity contribution in [1.82, 2.24) is 19.7 Å². The lowest BCUT2D eigenvalue weighted by Crippen LogP contribution is -2.04. The van der Waals surface area contributed by atoms with Crippen LogP contribution in [0.5, 0.6) is 0 Å². The molecular formula is C12H15ClN4. The Morgan fingerprint density at radius 1 is 1.29 bits per heavy atom. The standard InChI is InChI=1S/C12H15ClN4/c1-4-11-15-12(5-2)17(16-11)9-6-10(13)14-7-8(9)3/h6-7H,4-5H2,1-3H3. The molecule has 0 N–H and O–H groups in total. The number of aryl methyl sites for hydroxylation is 3. The molecule has 4 nitrogen and oxygen atoms in total. The molecule has 0 saturated heterocycles. The first-order chi connectivity index (χ1) is 8.15. The summed E-state index contributed by atoms with van der Waals surface area (Å²) in [4.78, 5) is 8.53. The highest BCUT2D eigenvalue weighted by Crippen LogP contribution is 2.18. The Labute approximate surface area is 106 Å². The molecule has 2 heterocycles. The fourth-order valence-corrected chi connectivity index (χ4v) is 1.83. The lowest BCUT2D eigenvalue weighted by Gasteiger charge is -2.07. The second-order valence-corrected chi connectivity index (χ2v) is 4.24. The van der Waals surface area contributed by atoms with Gasteiger partial charge in [0, 0.05) is 25.1 Å². The number of aromatic nitrogens is 4. The lowest BCUT2D eigenvalue weighted by atomic mass is 10.2. The number of nitrogens with zero attached hydrogens (tertiary/aromatic N) is 4. The van der Waals surface area contributed by atoms with E-state index in [0.717, 1.165) is 35.7 Å². The van der Waals surface area contributed by atoms with Crippen LogP contribution in [0, 0.1) is 6.92 Å². The van der Waals surface area contributed by atoms with Crippen molar-refractivity contribution in [2.75, 3.05) is 0 Å². The first kappa shape index (κ1) is 12.0. The second-order valence-electron chi connectivity index (χ2n) is 3.86. The molecule has 0 aliphatic rings. The van der Waals surface area contributed by atoms with Crippen molar-refractivity contribution in [3.8, 4) is 5.69 Å². The first-order valence-corrected chi connectivity index (χ1v) is 6.10. The van der Waals surface area contributed by atoms with Crippen molar-refractivity contribution in [1.29, 1.82) is 0 Å². The quantitative estimate of drug-likeness (QED) is 0.787. The van der Waals surface area contributed by atoms with Crippen LogP contribution in [-0.4, -0.2) is 19.7 Å². The highest BCUT2D eigenvalue weighted by molar-refractivity contribution is 6.29. The van der Waals surface area contributed by atoms with Crippen LogP contribution in [-0.2, 0) is 12.8 Å². The third-order valence-corrected chi connectivity index (χ3v) is 2.83. The Hall–Kier alpha value is -1.42. The number of pyridine rings is 1. The summed E-state index contributed by atoms with van der Waals surface area (Å²) in [5.74, 6) is 1.81. The van der Waals surface area contributed by atoms with Gasteiger partial charge in [0.15, 0.2) is 5.82 Å². The predicted molar refractivity (Wildman–Crippen MR) is 67.7 cm³/mol. The summed E-state index contributed by atoms with van der Waals surface area (Å²) in [5, 5.41) is 4.96. The molecule has 0 unspecified atom stereocenters. The van der Waals surface area contributed by atoms with E-state index in [0.29, 0.717) is 5.15 Å². The SMILES string of the molecule is CCc1nc(CC)n(-c2cc(Cl)ncc2C)n1. The molecule has 0 aliphatic heterocycles. The predicted octanol–water partition coefficient (Wildman–Crippen LogP) is 2.75. The Morgan fingerprint density at radius 2 is 2.06 bits per heavy atom. The molecule has 2 aromatic rings. The minimum atomic E-state index is 0.473. The van der Waals surface area contributed by atoms with Crippen LogP contribution in [0.25, 0.3) is 5.69 Å². The van der Waals surface area contributed by atoms with Gasteiger partial charge in [0.25, 0.3) is 0 Å². The number of hydrogen-bond donors (Lipinski definition) is 0. The first-order valence-electron chi connectivity index (χ1n) is 5.73. The molecule has 0 aliphatic carbocycles. The van der Waals surface area contributed by atoms with Crippen LogP contribution in [0.3, 0.4) is 0 Å². The van der Waals surface area contributed by atoms with E-state index in [4.69, 9.17) is 11.6 Å². The smallest absolute Gasteiger partial charge is 0.151 e. The van der Waals surface area contributed by atoms with E-state index in [9.17, 15) is 0 Å². The Bertz CT molecular complexity index is 533. The molecule has 2 aromatic heterocycles. The number of rotatable bonds is 3. The van der Waals surface area contributed by atoms with Gasteiger partial charge in [-0.2, -0.15) is 5.10 Å². The molecule has 0 spiro atoms. The topological polar surface area (TPSA) is 43.6 Å². The van der Waals surface area contributed by atoms with Crippen LogP contribution in [0.15, 0.2) is 12.3 Å². The van der Waals surface area contributed by atoms with Crippen LogP contribution in [0.2, 0.25) is 5.15 Å². The van der Waals surface area contributed by atoms with Gasteiger partial charge in [-0.1, -0.05) is 25.4 Å². The monoisotopic (exact) mass is 250 g/mol. The summed E-state index contributed by atoms with van der Waals surface area (Å²) in [6.07, 6.45) is 3.43. The average Bonchev–Trinajstić information content (AvgIpc) is 2.75. The highest BCUT2D eigenvalue weighted by atomic mass is 35.5. The zero-order valence-electron chi connectivity index (χ0n) is 10.2. The Morgan fingerprint density at radius 3 is 2.71 bits per heavy atom. The van der Waals surface area contributed by atoms with Gasteiger partial charge in [-0.05, 0) is 12.5 Å². The summed E-state index contributed by atoms with van der Waals surface area (Å²) in [6, 6.07) is 1.82. The normalized spacial score (nSPS) is 10.8. The summed E-state index contributed by atoms with van der Waals surface area (Å²) >= 11 is 5.93. The Kier molecular flexibility index (Phi) is 3.43. The van der Waals surface area contributed by atoms with Crippen LogP contribution in [0.4, 0.5) is 0 Å². The van der Waals surface area contributed by atoms with E-state index in [-0.39, 0.29) is 0 Å². The molecule has 90 valence electrons. The largest absolute Gasteiger partial charge is 0.244 e. The van der Waals surface area contributed by atoms with E-state index >= 15 is 0 Å². The van der Waals surface area contributed by atoms with Crippen molar-refractivity contribution in [3.63, 3.8) is 0 Å². The van der Waals surface area contributed by atoms with Crippen LogP contribution >= 0.6 is 11.6 Å². The Balaban J connectivity index is 2.58. The minimum absolute atomic E-state index is 0.473. The van der Waals surface area contributed by atoms with Gasteiger partial charge in [0.1, 0.15) is 11.0 Å². The van der Waals surface area contributed by atoms with E-state index in [1.54, 1.807) is 6.20 Å². The maximum absolute atomic E-state index is 5.93. The van der Waals surface area contributed by atoms with Crippen LogP contribution < -0.4 is 0 Å². The lowest BCUT2D eigenvalue weighted by molar-refractivity contribution is 0.784. The summed E-state index contributed by atoms with van der Waals surface area (Å²) in [6.45, 7) is 6.11. The van der Waals surface area contributed by atoms with Crippen LogP contribution in [0.1, 0.15) is 31.1 Å². The molecule has 0 saturated carbocycles. The van der Waals surface area contributed by atoms with E-state index in [1.807, 2.05) is 24.6 Å². The fourth-order valence-electron chi connectivity index (χ4n) is 1.68. The van der Waals surface area contributed by atoms with E-state index in [1.165, 1.54) is 0 Å². The molecule has 0 amide bonds. The maximum atomic E-state index is 5.93. The number of halogens is 1. The maximum Gasteiger partial charge on any atom is 0.151 e. The molecule has 0 aromatic carbocycles. The molecule has 17 heavy (non-hydrogen) atoms. The van der Waals surface area contributed by atoms with Gasteiger partial charge < -0.3 is 0 Å². The molecule has 2 rings (SSSR count). The van der Waals surface area contributed by atoms with Crippen molar-refractivity contribution in [3.05, 3.63) is 34.6 Å². The third-order valence-electron chi connectivity index (χ3n) is 2.62. The zero-order valence-corrected chi connectivity index (χ0v) is 11.0. The second kappa shape index (κ2) is 4.84. The molecule has 0 radical (unpaired) electrons. The molecule has 0 atom stereocenters. The van der Waals surface area contributed by atoms with E-state index in [2.05, 4.69) is 22.0 Å². The van der Waals surface area contributed by atoms with Gasteiger partial charge in [-0.15, -0.1) is 0 Å². The zero-order chi connectivity index (χ0) is 12.4. The average molecular weight is 251 g/mol. The molecular weight excluding hydrogens is 236 g/mol. The van der Waals surface area contributed by atoms with E-state index < -0.39 is 0 Å². The number of hydrogen-bond acceptors (Lipinski definition) is 3. The molecule has 0 fully saturated rings. The van der Waals surface area contributed by atoms with Crippen molar-refractivity contribution in [2.45, 2.75) is 33.6 Å². The molecule has 5 heteroatoms. The molecule has 0 bridgehead atoms. The van der Waals surface area contributed by atoms with Gasteiger partial charge in [0.2, 0.25) is 0 Å². The minimum Gasteiger partial charge on any atom is -0.244 e. The highest BCUT2D eigenvalue weighted by Gasteiger charge is 2.11. The van der Waals surface area contributed by atoms with Crippen molar-refractivity contribution >= 4 is 11.6 Å². The van der Waals surface area contributed by atoms with Gasteiger partial charge in [-0.25, -0.2) is 14.6 Å². The van der Waals surface area contributed by atoms with Crippen molar-refractivity contribution < 1.29 is 0 Å².